The molecule has 216 valence electrons. The fourth-order valence-corrected chi connectivity index (χ4v) is 6.32. The summed E-state index contributed by atoms with van der Waals surface area (Å²) in [6, 6.07) is 13.6. The molecule has 2 aliphatic rings. The Kier molecular flexibility index (Phi) is 8.82. The number of halogens is 1. The van der Waals surface area contributed by atoms with Crippen LogP contribution in [0.4, 0.5) is 28.8 Å². The number of para-hydroxylation sites is 1. The number of hydrogen-bond donors (Lipinski definition) is 3. The minimum absolute atomic E-state index is 0.0751. The Morgan fingerprint density at radius 3 is 2.73 bits per heavy atom. The predicted molar refractivity (Wildman–Crippen MR) is 167 cm³/mol. The molecule has 3 heterocycles. The molecule has 3 N–H and O–H groups in total. The van der Waals surface area contributed by atoms with Gasteiger partial charge >= 0.3 is 0 Å². The first kappa shape index (κ1) is 28.9. The van der Waals surface area contributed by atoms with Crippen LogP contribution >= 0.6 is 18.7 Å². The Morgan fingerprint density at radius 2 is 2.00 bits per heavy atom. The van der Waals surface area contributed by atoms with Gasteiger partial charge < -0.3 is 30.2 Å². The first-order valence-electron chi connectivity index (χ1n) is 13.6. The van der Waals surface area contributed by atoms with E-state index >= 15 is 0 Å². The van der Waals surface area contributed by atoms with Crippen LogP contribution in [0.3, 0.4) is 0 Å². The van der Waals surface area contributed by atoms with Crippen molar-refractivity contribution in [3.63, 3.8) is 0 Å². The van der Waals surface area contributed by atoms with E-state index in [-0.39, 0.29) is 12.6 Å². The highest BCUT2D eigenvalue weighted by molar-refractivity contribution is 7.70. The van der Waals surface area contributed by atoms with Crippen molar-refractivity contribution in [2.45, 2.75) is 18.9 Å². The summed E-state index contributed by atoms with van der Waals surface area (Å²) in [6.45, 7) is 11.3. The van der Waals surface area contributed by atoms with Crippen LogP contribution in [0.1, 0.15) is 12.8 Å². The largest absolute Gasteiger partial charge is 0.473 e. The lowest BCUT2D eigenvalue weighted by atomic mass is 10.1. The fraction of sp³-hybridized carbons (Fsp3) is 0.345. The van der Waals surface area contributed by atoms with Gasteiger partial charge in [0, 0.05) is 30.5 Å². The second-order valence-corrected chi connectivity index (χ2v) is 14.1. The van der Waals surface area contributed by atoms with E-state index in [9.17, 15) is 9.36 Å². The molecular weight excluding hydrogens is 561 g/mol. The van der Waals surface area contributed by atoms with Gasteiger partial charge in [-0.25, -0.2) is 4.98 Å². The highest BCUT2D eigenvalue weighted by atomic mass is 35.5. The summed E-state index contributed by atoms with van der Waals surface area (Å²) >= 11 is 6.36. The Balaban J connectivity index is 1.25. The van der Waals surface area contributed by atoms with Crippen LogP contribution < -0.4 is 30.9 Å². The smallest absolute Gasteiger partial charge is 0.247 e. The van der Waals surface area contributed by atoms with E-state index in [0.29, 0.717) is 45.3 Å². The zero-order valence-electron chi connectivity index (χ0n) is 23.3. The van der Waals surface area contributed by atoms with Gasteiger partial charge in [-0.1, -0.05) is 30.3 Å². The quantitative estimate of drug-likeness (QED) is 0.161. The number of nitrogens with one attached hydrogen (secondary N) is 3. The van der Waals surface area contributed by atoms with Crippen LogP contribution in [0, 0.1) is 0 Å². The SMILES string of the molecule is C=CC(=O)Nc1cc(OCNc2ncc(Cl)c(Nc3ccccc3P(C)(C)=O)n2)ccc1N1CCC(N2CCC2)C1. The molecule has 1 unspecified atom stereocenters. The maximum Gasteiger partial charge on any atom is 0.247 e. The normalized spacial score (nSPS) is 17.0. The maximum absolute atomic E-state index is 12.7. The van der Waals surface area contributed by atoms with Gasteiger partial charge in [-0.05, 0) is 69.6 Å². The Labute approximate surface area is 245 Å². The average Bonchev–Trinajstić information content (AvgIpc) is 3.38. The molecule has 3 aromatic rings. The molecule has 0 saturated carbocycles. The molecule has 2 aliphatic heterocycles. The zero-order chi connectivity index (χ0) is 29.0. The standard InChI is InChI=1S/C29H35ClN7O3P/c1-4-27(38)33-24-16-21(10-11-25(24)37-15-12-20(18-37)36-13-7-14-36)40-19-32-29-31-17-22(30)28(35-29)34-23-8-5-6-9-26(23)41(2,3)39/h4-6,8-11,16-17,20H,1,7,12-15,18-19H2,2-3H3,(H,33,38)(H2,31,32,34,35). The third-order valence-corrected chi connectivity index (χ3v) is 9.10. The highest BCUT2D eigenvalue weighted by Gasteiger charge is 2.31. The number of carbonyl (C=O) groups is 1. The van der Waals surface area contributed by atoms with Crippen LogP contribution in [0.15, 0.2) is 61.3 Å². The Bertz CT molecular complexity index is 1480. The third-order valence-electron chi connectivity index (χ3n) is 7.27. The lowest BCUT2D eigenvalue weighted by molar-refractivity contribution is -0.111. The van der Waals surface area contributed by atoms with E-state index in [1.54, 1.807) is 13.3 Å². The molecule has 5 rings (SSSR count). The summed E-state index contributed by atoms with van der Waals surface area (Å²) in [7, 11) is -2.53. The summed E-state index contributed by atoms with van der Waals surface area (Å²) in [5.74, 6) is 0.975. The van der Waals surface area contributed by atoms with Gasteiger partial charge in [-0.2, -0.15) is 4.98 Å². The van der Waals surface area contributed by atoms with Crippen molar-refractivity contribution in [3.05, 3.63) is 66.3 Å². The average molecular weight is 596 g/mol. The Morgan fingerprint density at radius 1 is 1.20 bits per heavy atom. The van der Waals surface area contributed by atoms with Gasteiger partial charge in [0.1, 0.15) is 17.9 Å². The monoisotopic (exact) mass is 595 g/mol. The number of carbonyl (C=O) groups excluding carboxylic acids is 1. The molecule has 0 aliphatic carbocycles. The highest BCUT2D eigenvalue weighted by Crippen LogP contribution is 2.39. The molecule has 2 fully saturated rings. The molecule has 12 heteroatoms. The first-order chi connectivity index (χ1) is 19.7. The van der Waals surface area contributed by atoms with Crippen molar-refractivity contribution in [3.8, 4) is 5.75 Å². The van der Waals surface area contributed by atoms with Crippen molar-refractivity contribution < 1.29 is 14.1 Å². The van der Waals surface area contributed by atoms with Crippen molar-refractivity contribution in [2.75, 3.05) is 67.1 Å². The third kappa shape index (κ3) is 7.01. The topological polar surface area (TPSA) is 112 Å². The van der Waals surface area contributed by atoms with E-state index in [0.717, 1.165) is 25.2 Å². The number of amides is 1. The van der Waals surface area contributed by atoms with Crippen LogP contribution in [-0.2, 0) is 9.36 Å². The molecule has 1 atom stereocenters. The molecule has 0 radical (unpaired) electrons. The molecule has 0 spiro atoms. The fourth-order valence-electron chi connectivity index (χ4n) is 5.03. The second kappa shape index (κ2) is 12.5. The van der Waals surface area contributed by atoms with E-state index in [4.69, 9.17) is 16.3 Å². The summed E-state index contributed by atoms with van der Waals surface area (Å²) in [5, 5.41) is 10.2. The van der Waals surface area contributed by atoms with Crippen LogP contribution in [0.2, 0.25) is 5.02 Å². The molecule has 2 aromatic carbocycles. The predicted octanol–water partition coefficient (Wildman–Crippen LogP) is 4.98. The van der Waals surface area contributed by atoms with Crippen LogP contribution in [0.25, 0.3) is 0 Å². The number of hydrogen-bond acceptors (Lipinski definition) is 9. The molecule has 41 heavy (non-hydrogen) atoms. The van der Waals surface area contributed by atoms with Gasteiger partial charge in [0.05, 0.1) is 23.3 Å². The van der Waals surface area contributed by atoms with E-state index < -0.39 is 7.14 Å². The minimum atomic E-state index is -2.53. The summed E-state index contributed by atoms with van der Waals surface area (Å²) in [4.78, 5) is 25.8. The number of ether oxygens (including phenoxy) is 1. The minimum Gasteiger partial charge on any atom is -0.473 e. The number of anilines is 5. The van der Waals surface area contributed by atoms with Gasteiger partial charge in [-0.3, -0.25) is 9.69 Å². The van der Waals surface area contributed by atoms with E-state index in [1.807, 2.05) is 42.5 Å². The van der Waals surface area contributed by atoms with Crippen LogP contribution in [0.5, 0.6) is 5.75 Å². The van der Waals surface area contributed by atoms with Crippen molar-refractivity contribution in [2.24, 2.45) is 0 Å². The molecule has 1 aromatic heterocycles. The van der Waals surface area contributed by atoms with Crippen molar-refractivity contribution in [1.29, 1.82) is 0 Å². The summed E-state index contributed by atoms with van der Waals surface area (Å²) < 4.78 is 18.7. The van der Waals surface area contributed by atoms with Gasteiger partial charge in [-0.15, -0.1) is 0 Å². The lowest BCUT2D eigenvalue weighted by Gasteiger charge is -2.36. The second-order valence-electron chi connectivity index (χ2n) is 10.5. The number of benzene rings is 2. The van der Waals surface area contributed by atoms with E-state index in [2.05, 4.69) is 42.3 Å². The lowest BCUT2D eigenvalue weighted by Crippen LogP contribution is -2.46. The number of nitrogens with zero attached hydrogens (tertiary/aromatic N) is 4. The maximum atomic E-state index is 12.7. The summed E-state index contributed by atoms with van der Waals surface area (Å²) in [5.41, 5.74) is 2.31. The summed E-state index contributed by atoms with van der Waals surface area (Å²) in [6.07, 6.45) is 5.12. The molecule has 0 bridgehead atoms. The zero-order valence-corrected chi connectivity index (χ0v) is 24.9. The molecular formula is C29H35ClN7O3P. The van der Waals surface area contributed by atoms with Crippen LogP contribution in [-0.4, -0.2) is 73.1 Å². The van der Waals surface area contributed by atoms with Crippen molar-refractivity contribution in [1.82, 2.24) is 14.9 Å². The number of rotatable bonds is 11. The molecule has 10 nitrogen and oxygen atoms in total. The van der Waals surface area contributed by atoms with E-state index in [1.165, 1.54) is 31.8 Å². The number of likely N-dealkylation sites (tertiary alicyclic amines) is 1. The van der Waals surface area contributed by atoms with Gasteiger partial charge in [0.25, 0.3) is 0 Å². The molecule has 1 amide bonds. The van der Waals surface area contributed by atoms with Crippen molar-refractivity contribution >= 4 is 58.8 Å². The number of aromatic nitrogens is 2. The van der Waals surface area contributed by atoms with Gasteiger partial charge in [0.2, 0.25) is 11.9 Å². The Hall–Kier alpha value is -3.59. The first-order valence-corrected chi connectivity index (χ1v) is 16.6. The molecule has 2 saturated heterocycles. The van der Waals surface area contributed by atoms with Gasteiger partial charge in [0.15, 0.2) is 12.5 Å².